The van der Waals surface area contributed by atoms with Crippen LogP contribution in [0, 0.1) is 6.92 Å². The van der Waals surface area contributed by atoms with E-state index in [1.54, 1.807) is 12.1 Å². The summed E-state index contributed by atoms with van der Waals surface area (Å²) in [7, 11) is -2.28. The second-order valence-electron chi connectivity index (χ2n) is 8.83. The zero-order valence-corrected chi connectivity index (χ0v) is 19.7. The van der Waals surface area contributed by atoms with Crippen LogP contribution in [0.5, 0.6) is 5.75 Å². The molecule has 2 aromatic carbocycles. The zero-order valence-electron chi connectivity index (χ0n) is 18.9. The molecule has 1 heterocycles. The first-order chi connectivity index (χ1) is 15.4. The molecule has 2 fully saturated rings. The lowest BCUT2D eigenvalue weighted by Gasteiger charge is -2.24. The lowest BCUT2D eigenvalue weighted by Crippen LogP contribution is -2.34. The highest BCUT2D eigenvalue weighted by Gasteiger charge is 2.35. The van der Waals surface area contributed by atoms with Crippen molar-refractivity contribution in [3.63, 3.8) is 0 Å². The van der Waals surface area contributed by atoms with Gasteiger partial charge in [0, 0.05) is 31.2 Å². The number of amides is 1. The molecule has 0 radical (unpaired) electrons. The monoisotopic (exact) mass is 456 g/mol. The molecule has 1 saturated carbocycles. The van der Waals surface area contributed by atoms with Crippen LogP contribution in [-0.2, 0) is 16.6 Å². The molecular formula is C25H32N2O4S. The van der Waals surface area contributed by atoms with Gasteiger partial charge in [0.05, 0.1) is 7.11 Å². The number of methoxy groups -OCH3 is 1. The van der Waals surface area contributed by atoms with E-state index in [4.69, 9.17) is 4.74 Å². The Bertz CT molecular complexity index is 1050. The number of benzene rings is 2. The van der Waals surface area contributed by atoms with Crippen molar-refractivity contribution >= 4 is 15.9 Å². The number of carbonyl (C=O) groups is 1. The first-order valence-electron chi connectivity index (χ1n) is 11.4. The van der Waals surface area contributed by atoms with Crippen LogP contribution in [0.3, 0.4) is 0 Å². The van der Waals surface area contributed by atoms with Crippen molar-refractivity contribution in [3.05, 3.63) is 59.2 Å². The van der Waals surface area contributed by atoms with Crippen molar-refractivity contribution in [2.45, 2.75) is 62.9 Å². The largest absolute Gasteiger partial charge is 0.495 e. The molecule has 2 aromatic rings. The van der Waals surface area contributed by atoms with Gasteiger partial charge in [0.25, 0.3) is 5.91 Å². The lowest BCUT2D eigenvalue weighted by atomic mass is 10.1. The van der Waals surface area contributed by atoms with Crippen LogP contribution >= 0.6 is 0 Å². The number of sulfonamides is 1. The highest BCUT2D eigenvalue weighted by Crippen LogP contribution is 2.33. The average molecular weight is 457 g/mol. The van der Waals surface area contributed by atoms with Gasteiger partial charge in [-0.25, -0.2) is 8.42 Å². The summed E-state index contributed by atoms with van der Waals surface area (Å²) in [5.41, 5.74) is 2.64. The molecule has 172 valence electrons. The van der Waals surface area contributed by atoms with Crippen molar-refractivity contribution in [2.24, 2.45) is 0 Å². The van der Waals surface area contributed by atoms with Crippen LogP contribution in [0.15, 0.2) is 47.4 Å². The Balaban J connectivity index is 1.64. The molecule has 1 amide bonds. The van der Waals surface area contributed by atoms with Gasteiger partial charge >= 0.3 is 0 Å². The first kappa shape index (κ1) is 22.8. The van der Waals surface area contributed by atoms with Gasteiger partial charge in [0.15, 0.2) is 0 Å². The number of rotatable bonds is 7. The lowest BCUT2D eigenvalue weighted by molar-refractivity contribution is 0.0729. The maximum Gasteiger partial charge on any atom is 0.254 e. The Morgan fingerprint density at radius 3 is 2.28 bits per heavy atom. The molecule has 0 spiro atoms. The normalized spacial score (nSPS) is 17.6. The SMILES string of the molecule is COc1ccc(C(=O)N(Cc2ccc(C)cc2)C2CC2)cc1S(=O)(=O)N1CCCCCC1. The van der Waals surface area contributed by atoms with Crippen LogP contribution in [0.4, 0.5) is 0 Å². The molecule has 0 bridgehead atoms. The minimum Gasteiger partial charge on any atom is -0.495 e. The van der Waals surface area contributed by atoms with Crippen molar-refractivity contribution in [1.82, 2.24) is 9.21 Å². The van der Waals surface area contributed by atoms with Gasteiger partial charge in [-0.2, -0.15) is 4.31 Å². The Hall–Kier alpha value is -2.38. The number of aryl methyl sites for hydroxylation is 1. The van der Waals surface area contributed by atoms with E-state index >= 15 is 0 Å². The van der Waals surface area contributed by atoms with Gasteiger partial charge in [0.1, 0.15) is 10.6 Å². The summed E-state index contributed by atoms with van der Waals surface area (Å²) in [6, 6.07) is 13.2. The summed E-state index contributed by atoms with van der Waals surface area (Å²) < 4.78 is 33.8. The maximum atomic E-state index is 13.5. The molecular weight excluding hydrogens is 424 g/mol. The van der Waals surface area contributed by atoms with Crippen molar-refractivity contribution < 1.29 is 17.9 Å². The second kappa shape index (κ2) is 9.63. The van der Waals surface area contributed by atoms with E-state index in [9.17, 15) is 13.2 Å². The molecule has 32 heavy (non-hydrogen) atoms. The van der Waals surface area contributed by atoms with E-state index in [1.807, 2.05) is 36.1 Å². The third-order valence-corrected chi connectivity index (χ3v) is 8.24. The van der Waals surface area contributed by atoms with Crippen LogP contribution in [0.1, 0.15) is 60.0 Å². The van der Waals surface area contributed by atoms with E-state index in [2.05, 4.69) is 0 Å². The fraction of sp³-hybridized carbons (Fsp3) is 0.480. The summed E-state index contributed by atoms with van der Waals surface area (Å²) in [5.74, 6) is 0.144. The van der Waals surface area contributed by atoms with E-state index in [0.29, 0.717) is 25.2 Å². The van der Waals surface area contributed by atoms with E-state index in [-0.39, 0.29) is 22.6 Å². The fourth-order valence-electron chi connectivity index (χ4n) is 4.24. The van der Waals surface area contributed by atoms with Gasteiger partial charge in [-0.05, 0) is 56.4 Å². The van der Waals surface area contributed by atoms with E-state index in [1.165, 1.54) is 23.0 Å². The minimum absolute atomic E-state index is 0.0823. The number of hydrogen-bond acceptors (Lipinski definition) is 4. The van der Waals surface area contributed by atoms with Crippen molar-refractivity contribution in [1.29, 1.82) is 0 Å². The van der Waals surface area contributed by atoms with Crippen molar-refractivity contribution in [3.8, 4) is 5.75 Å². The summed E-state index contributed by atoms with van der Waals surface area (Å²) in [4.78, 5) is 15.4. The molecule has 2 aliphatic rings. The molecule has 0 N–H and O–H groups in total. The first-order valence-corrected chi connectivity index (χ1v) is 12.9. The quantitative estimate of drug-likeness (QED) is 0.620. The van der Waals surface area contributed by atoms with Gasteiger partial charge in [-0.15, -0.1) is 0 Å². The summed E-state index contributed by atoms with van der Waals surface area (Å²) in [5, 5.41) is 0. The Morgan fingerprint density at radius 1 is 1.03 bits per heavy atom. The molecule has 0 atom stereocenters. The van der Waals surface area contributed by atoms with E-state index in [0.717, 1.165) is 44.1 Å². The van der Waals surface area contributed by atoms with Gasteiger partial charge in [-0.1, -0.05) is 42.7 Å². The summed E-state index contributed by atoms with van der Waals surface area (Å²) in [6.07, 6.45) is 5.74. The molecule has 4 rings (SSSR count). The number of ether oxygens (including phenoxy) is 1. The Labute approximate surface area is 191 Å². The molecule has 1 saturated heterocycles. The maximum absolute atomic E-state index is 13.5. The summed E-state index contributed by atoms with van der Waals surface area (Å²) in [6.45, 7) is 3.57. The molecule has 1 aliphatic heterocycles. The topological polar surface area (TPSA) is 66.9 Å². The second-order valence-corrected chi connectivity index (χ2v) is 10.7. The predicted molar refractivity (Wildman–Crippen MR) is 124 cm³/mol. The summed E-state index contributed by atoms with van der Waals surface area (Å²) >= 11 is 0. The highest BCUT2D eigenvalue weighted by molar-refractivity contribution is 7.89. The van der Waals surface area contributed by atoms with Crippen LogP contribution in [0.2, 0.25) is 0 Å². The molecule has 0 aromatic heterocycles. The average Bonchev–Trinajstić information content (AvgIpc) is 3.65. The third kappa shape index (κ3) is 4.99. The van der Waals surface area contributed by atoms with Crippen molar-refractivity contribution in [2.75, 3.05) is 20.2 Å². The van der Waals surface area contributed by atoms with Crippen LogP contribution in [0.25, 0.3) is 0 Å². The third-order valence-electron chi connectivity index (χ3n) is 6.32. The molecule has 0 unspecified atom stereocenters. The number of hydrogen-bond donors (Lipinski definition) is 0. The minimum atomic E-state index is -3.74. The molecule has 7 heteroatoms. The van der Waals surface area contributed by atoms with Gasteiger partial charge < -0.3 is 9.64 Å². The predicted octanol–water partition coefficient (Wildman–Crippen LogP) is 4.37. The zero-order chi connectivity index (χ0) is 22.7. The van der Waals surface area contributed by atoms with E-state index < -0.39 is 10.0 Å². The van der Waals surface area contributed by atoms with Gasteiger partial charge in [0.2, 0.25) is 10.0 Å². The Kier molecular flexibility index (Phi) is 6.86. The standard InChI is InChI=1S/C25H32N2O4S/c1-19-7-9-20(10-8-19)18-27(22-12-13-22)25(28)21-11-14-23(31-2)24(17-21)32(29,30)26-15-5-3-4-6-16-26/h7-11,14,17,22H,3-6,12-13,15-16,18H2,1-2H3. The Morgan fingerprint density at radius 2 is 1.69 bits per heavy atom. The molecule has 1 aliphatic carbocycles. The smallest absolute Gasteiger partial charge is 0.254 e. The van der Waals surface area contributed by atoms with Crippen LogP contribution in [-0.4, -0.2) is 49.8 Å². The number of carbonyl (C=O) groups excluding carboxylic acids is 1. The highest BCUT2D eigenvalue weighted by atomic mass is 32.2. The van der Waals surface area contributed by atoms with Crippen LogP contribution < -0.4 is 4.74 Å². The molecule has 6 nitrogen and oxygen atoms in total. The number of nitrogens with zero attached hydrogens (tertiary/aromatic N) is 2. The fourth-order valence-corrected chi connectivity index (χ4v) is 5.94. The van der Waals surface area contributed by atoms with Gasteiger partial charge in [-0.3, -0.25) is 4.79 Å².